The molecule has 0 aromatic heterocycles. The highest BCUT2D eigenvalue weighted by atomic mass is 16.5. The first-order valence-electron chi connectivity index (χ1n) is 6.42. The molecular formula is C17H13NO3. The lowest BCUT2D eigenvalue weighted by molar-refractivity contribution is -0.121. The lowest BCUT2D eigenvalue weighted by Crippen LogP contribution is -2.15. The van der Waals surface area contributed by atoms with Crippen LogP contribution in [0.1, 0.15) is 21.5 Å². The Hall–Kier alpha value is -2.93. The first-order valence-corrected chi connectivity index (χ1v) is 6.42. The van der Waals surface area contributed by atoms with Crippen LogP contribution in [0.4, 0.5) is 0 Å². The Morgan fingerprint density at radius 3 is 2.29 bits per heavy atom. The summed E-state index contributed by atoms with van der Waals surface area (Å²) in [5.41, 5.74) is 1.75. The second-order valence-corrected chi connectivity index (χ2v) is 4.47. The summed E-state index contributed by atoms with van der Waals surface area (Å²) >= 11 is 0. The zero-order valence-electron chi connectivity index (χ0n) is 11.3. The van der Waals surface area contributed by atoms with Crippen LogP contribution < -0.4 is 0 Å². The molecule has 2 rings (SSSR count). The summed E-state index contributed by atoms with van der Waals surface area (Å²) < 4.78 is 4.97. The summed E-state index contributed by atoms with van der Waals surface area (Å²) in [5, 5.41) is 8.69. The molecule has 0 radical (unpaired) electrons. The molecule has 0 aliphatic carbocycles. The van der Waals surface area contributed by atoms with Gasteiger partial charge in [0.25, 0.3) is 0 Å². The van der Waals surface area contributed by atoms with Gasteiger partial charge in [0.2, 0.25) is 0 Å². The van der Waals surface area contributed by atoms with E-state index >= 15 is 0 Å². The highest BCUT2D eigenvalue weighted by Gasteiger charge is 2.10. The van der Waals surface area contributed by atoms with Crippen LogP contribution in [-0.2, 0) is 16.0 Å². The molecule has 4 nitrogen and oxygen atoms in total. The van der Waals surface area contributed by atoms with Gasteiger partial charge in [0, 0.05) is 6.42 Å². The van der Waals surface area contributed by atoms with Crippen molar-refractivity contribution in [3.63, 3.8) is 0 Å². The summed E-state index contributed by atoms with van der Waals surface area (Å²) in [5.74, 6) is -0.701. The predicted octanol–water partition coefficient (Wildman–Crippen LogP) is 2.53. The van der Waals surface area contributed by atoms with Crippen molar-refractivity contribution in [2.45, 2.75) is 6.42 Å². The topological polar surface area (TPSA) is 67.2 Å². The van der Waals surface area contributed by atoms with Crippen molar-refractivity contribution in [2.24, 2.45) is 0 Å². The molecule has 2 aromatic carbocycles. The molecule has 104 valence electrons. The van der Waals surface area contributed by atoms with Crippen molar-refractivity contribution in [3.8, 4) is 6.07 Å². The zero-order chi connectivity index (χ0) is 15.1. The molecule has 0 spiro atoms. The van der Waals surface area contributed by atoms with Crippen LogP contribution in [0.3, 0.4) is 0 Å². The van der Waals surface area contributed by atoms with Gasteiger partial charge in [0.1, 0.15) is 0 Å². The van der Waals surface area contributed by atoms with Gasteiger partial charge < -0.3 is 4.74 Å². The van der Waals surface area contributed by atoms with Crippen molar-refractivity contribution in [1.82, 2.24) is 0 Å². The van der Waals surface area contributed by atoms with E-state index in [1.165, 1.54) is 0 Å². The minimum Gasteiger partial charge on any atom is -0.454 e. The molecule has 0 heterocycles. The number of ether oxygens (including phenoxy) is 1. The van der Waals surface area contributed by atoms with Crippen LogP contribution in [0.5, 0.6) is 0 Å². The number of Topliss-reactive ketones (excluding diaryl/α,β-unsaturated/α-hetero) is 1. The third-order valence-electron chi connectivity index (χ3n) is 2.86. The molecule has 0 amide bonds. The van der Waals surface area contributed by atoms with E-state index in [-0.39, 0.29) is 18.8 Å². The van der Waals surface area contributed by atoms with Gasteiger partial charge in [-0.2, -0.15) is 5.26 Å². The van der Waals surface area contributed by atoms with Gasteiger partial charge in [-0.15, -0.1) is 0 Å². The maximum absolute atomic E-state index is 11.8. The van der Waals surface area contributed by atoms with Gasteiger partial charge in [0.15, 0.2) is 12.4 Å². The number of carbonyl (C=O) groups excluding carboxylic acids is 2. The summed E-state index contributed by atoms with van der Waals surface area (Å²) in [6, 6.07) is 17.3. The van der Waals surface area contributed by atoms with Crippen molar-refractivity contribution in [3.05, 3.63) is 71.3 Å². The second kappa shape index (κ2) is 7.01. The third-order valence-corrected chi connectivity index (χ3v) is 2.86. The van der Waals surface area contributed by atoms with Crippen LogP contribution in [0.2, 0.25) is 0 Å². The first kappa shape index (κ1) is 14.5. The average Bonchev–Trinajstić information content (AvgIpc) is 2.54. The smallest absolute Gasteiger partial charge is 0.338 e. The number of hydrogen-bond donors (Lipinski definition) is 0. The zero-order valence-corrected chi connectivity index (χ0v) is 11.3. The summed E-state index contributed by atoms with van der Waals surface area (Å²) in [4.78, 5) is 23.4. The molecule has 2 aromatic rings. The van der Waals surface area contributed by atoms with Gasteiger partial charge in [-0.25, -0.2) is 4.79 Å². The highest BCUT2D eigenvalue weighted by Crippen LogP contribution is 2.06. The largest absolute Gasteiger partial charge is 0.454 e. The van der Waals surface area contributed by atoms with Crippen LogP contribution in [0, 0.1) is 11.3 Å². The Bertz CT molecular complexity index is 669. The van der Waals surface area contributed by atoms with Gasteiger partial charge in [-0.1, -0.05) is 30.3 Å². The SMILES string of the molecule is N#Cc1ccc(CC(=O)COC(=O)c2ccccc2)cc1. The van der Waals surface area contributed by atoms with Gasteiger partial charge >= 0.3 is 5.97 Å². The predicted molar refractivity (Wildman–Crippen MR) is 76.6 cm³/mol. The normalized spacial score (nSPS) is 9.67. The van der Waals surface area contributed by atoms with E-state index in [0.717, 1.165) is 5.56 Å². The van der Waals surface area contributed by atoms with E-state index in [1.807, 2.05) is 6.07 Å². The molecule has 0 bridgehead atoms. The molecule has 0 atom stereocenters. The van der Waals surface area contributed by atoms with E-state index < -0.39 is 5.97 Å². The summed E-state index contributed by atoms with van der Waals surface area (Å²) in [6.07, 6.45) is 0.174. The number of nitrogens with zero attached hydrogens (tertiary/aromatic N) is 1. The number of hydrogen-bond acceptors (Lipinski definition) is 4. The van der Waals surface area contributed by atoms with Crippen molar-refractivity contribution in [1.29, 1.82) is 5.26 Å². The van der Waals surface area contributed by atoms with Crippen molar-refractivity contribution in [2.75, 3.05) is 6.61 Å². The number of benzene rings is 2. The lowest BCUT2D eigenvalue weighted by Gasteiger charge is -2.04. The van der Waals surface area contributed by atoms with E-state index in [9.17, 15) is 9.59 Å². The molecule has 0 fully saturated rings. The van der Waals surface area contributed by atoms with Crippen LogP contribution >= 0.6 is 0 Å². The Morgan fingerprint density at radius 2 is 1.67 bits per heavy atom. The third kappa shape index (κ3) is 4.29. The monoisotopic (exact) mass is 279 g/mol. The fourth-order valence-electron chi connectivity index (χ4n) is 1.78. The van der Waals surface area contributed by atoms with Gasteiger partial charge in [0.05, 0.1) is 17.2 Å². The number of esters is 1. The van der Waals surface area contributed by atoms with Crippen LogP contribution in [0.25, 0.3) is 0 Å². The molecular weight excluding hydrogens is 266 g/mol. The standard InChI is InChI=1S/C17H13NO3/c18-11-14-8-6-13(7-9-14)10-16(19)12-21-17(20)15-4-2-1-3-5-15/h1-9H,10,12H2. The molecule has 0 saturated heterocycles. The lowest BCUT2D eigenvalue weighted by atomic mass is 10.1. The van der Waals surface area contributed by atoms with Crippen LogP contribution in [-0.4, -0.2) is 18.4 Å². The van der Waals surface area contributed by atoms with Gasteiger partial charge in [-0.3, -0.25) is 4.79 Å². The maximum Gasteiger partial charge on any atom is 0.338 e. The first-order chi connectivity index (χ1) is 10.2. The fourth-order valence-corrected chi connectivity index (χ4v) is 1.78. The average molecular weight is 279 g/mol. The second-order valence-electron chi connectivity index (χ2n) is 4.47. The number of carbonyl (C=O) groups is 2. The molecule has 0 unspecified atom stereocenters. The van der Waals surface area contributed by atoms with Crippen molar-refractivity contribution >= 4 is 11.8 Å². The Balaban J connectivity index is 1.85. The Morgan fingerprint density at radius 1 is 1.00 bits per heavy atom. The molecule has 0 aliphatic heterocycles. The van der Waals surface area contributed by atoms with E-state index in [4.69, 9.17) is 10.00 Å². The highest BCUT2D eigenvalue weighted by molar-refractivity contribution is 5.91. The maximum atomic E-state index is 11.8. The number of nitriles is 1. The molecule has 0 N–H and O–H groups in total. The molecule has 4 heteroatoms. The van der Waals surface area contributed by atoms with Crippen LogP contribution in [0.15, 0.2) is 54.6 Å². The molecule has 0 aliphatic rings. The minimum atomic E-state index is -0.510. The molecule has 0 saturated carbocycles. The van der Waals surface area contributed by atoms with E-state index in [1.54, 1.807) is 54.6 Å². The summed E-state index contributed by atoms with van der Waals surface area (Å²) in [6.45, 7) is -0.256. The fraction of sp³-hybridized carbons (Fsp3) is 0.118. The van der Waals surface area contributed by atoms with E-state index in [0.29, 0.717) is 11.1 Å². The van der Waals surface area contributed by atoms with Crippen molar-refractivity contribution < 1.29 is 14.3 Å². The molecule has 21 heavy (non-hydrogen) atoms. The number of rotatable bonds is 5. The van der Waals surface area contributed by atoms with Gasteiger partial charge in [-0.05, 0) is 29.8 Å². The Labute approximate surface area is 122 Å². The number of ketones is 1. The quantitative estimate of drug-likeness (QED) is 0.789. The Kier molecular flexibility index (Phi) is 4.84. The summed E-state index contributed by atoms with van der Waals surface area (Å²) in [7, 11) is 0. The van der Waals surface area contributed by atoms with E-state index in [2.05, 4.69) is 0 Å². The minimum absolute atomic E-state index is 0.174.